The highest BCUT2D eigenvalue weighted by molar-refractivity contribution is 5.80. The molecule has 78 valence electrons. The van der Waals surface area contributed by atoms with E-state index in [4.69, 9.17) is 4.74 Å². The van der Waals surface area contributed by atoms with E-state index in [1.54, 1.807) is 6.07 Å². The fourth-order valence-electron chi connectivity index (χ4n) is 1.67. The number of hydrogen-bond donors (Lipinski definition) is 1. The van der Waals surface area contributed by atoms with Crippen molar-refractivity contribution in [2.24, 2.45) is 0 Å². The Labute approximate surface area is 88.0 Å². The molecule has 1 aromatic carbocycles. The van der Waals surface area contributed by atoms with Gasteiger partial charge in [0.25, 0.3) is 0 Å². The third-order valence-electron chi connectivity index (χ3n) is 2.56. The molecule has 1 aliphatic rings. The van der Waals surface area contributed by atoms with Crippen molar-refractivity contribution in [3.8, 4) is 11.5 Å². The van der Waals surface area contributed by atoms with Crippen LogP contribution < -0.4 is 4.74 Å². The van der Waals surface area contributed by atoms with Crippen LogP contribution in [0.25, 0.3) is 0 Å². The van der Waals surface area contributed by atoms with Gasteiger partial charge in [0.1, 0.15) is 17.6 Å². The Hall–Kier alpha value is -1.77. The number of aldehydes is 1. The van der Waals surface area contributed by atoms with Crippen molar-refractivity contribution in [2.45, 2.75) is 19.4 Å². The van der Waals surface area contributed by atoms with Gasteiger partial charge >= 0.3 is 0 Å². The zero-order valence-electron chi connectivity index (χ0n) is 8.49. The summed E-state index contributed by atoms with van der Waals surface area (Å²) >= 11 is 0. The molecule has 0 aliphatic carbocycles. The molecule has 1 atom stereocenters. The van der Waals surface area contributed by atoms with Crippen molar-refractivity contribution in [1.82, 2.24) is 0 Å². The van der Waals surface area contributed by atoms with Crippen molar-refractivity contribution in [2.75, 3.05) is 0 Å². The van der Waals surface area contributed by atoms with Gasteiger partial charge in [-0.2, -0.15) is 0 Å². The van der Waals surface area contributed by atoms with E-state index in [0.717, 1.165) is 11.1 Å². The lowest BCUT2D eigenvalue weighted by Crippen LogP contribution is -2.13. The van der Waals surface area contributed by atoms with Gasteiger partial charge in [-0.25, -0.2) is 0 Å². The van der Waals surface area contributed by atoms with Crippen molar-refractivity contribution >= 4 is 6.29 Å². The van der Waals surface area contributed by atoms with Crippen LogP contribution in [0.5, 0.6) is 11.5 Å². The van der Waals surface area contributed by atoms with Crippen LogP contribution in [-0.4, -0.2) is 17.5 Å². The predicted octanol–water partition coefficient (Wildman–Crippen LogP) is 2.08. The van der Waals surface area contributed by atoms with Gasteiger partial charge in [-0.1, -0.05) is 6.58 Å². The fourth-order valence-corrected chi connectivity index (χ4v) is 1.67. The molecular formula is C12H12O3. The summed E-state index contributed by atoms with van der Waals surface area (Å²) in [5, 5.41) is 9.47. The van der Waals surface area contributed by atoms with Crippen LogP contribution in [-0.2, 0) is 6.42 Å². The summed E-state index contributed by atoms with van der Waals surface area (Å²) in [5.74, 6) is 0.609. The first-order chi connectivity index (χ1) is 7.11. The molecule has 0 radical (unpaired) electrons. The van der Waals surface area contributed by atoms with Crippen LogP contribution in [0.1, 0.15) is 22.8 Å². The Morgan fingerprint density at radius 1 is 1.67 bits per heavy atom. The minimum Gasteiger partial charge on any atom is -0.507 e. The number of ether oxygens (including phenoxy) is 1. The average molecular weight is 204 g/mol. The molecule has 0 spiro atoms. The Bertz CT molecular complexity index is 435. The molecule has 3 heteroatoms. The summed E-state index contributed by atoms with van der Waals surface area (Å²) < 4.78 is 5.57. The smallest absolute Gasteiger partial charge is 0.153 e. The molecule has 0 bridgehead atoms. The van der Waals surface area contributed by atoms with E-state index in [9.17, 15) is 9.90 Å². The van der Waals surface area contributed by atoms with E-state index in [1.165, 1.54) is 6.07 Å². The summed E-state index contributed by atoms with van der Waals surface area (Å²) in [6.45, 7) is 5.73. The van der Waals surface area contributed by atoms with Crippen LogP contribution in [0.2, 0.25) is 0 Å². The largest absolute Gasteiger partial charge is 0.507 e. The summed E-state index contributed by atoms with van der Waals surface area (Å²) in [7, 11) is 0. The van der Waals surface area contributed by atoms with Crippen LogP contribution in [0.4, 0.5) is 0 Å². The number of rotatable bonds is 2. The molecule has 0 saturated heterocycles. The Morgan fingerprint density at radius 2 is 2.40 bits per heavy atom. The van der Waals surface area contributed by atoms with Gasteiger partial charge in [0.15, 0.2) is 6.29 Å². The van der Waals surface area contributed by atoms with Gasteiger partial charge in [-0.15, -0.1) is 0 Å². The predicted molar refractivity (Wildman–Crippen MR) is 56.4 cm³/mol. The van der Waals surface area contributed by atoms with Crippen LogP contribution in [0.15, 0.2) is 24.3 Å². The molecule has 1 heterocycles. The first kappa shape index (κ1) is 9.77. The number of carbonyl (C=O) groups is 1. The molecule has 15 heavy (non-hydrogen) atoms. The zero-order chi connectivity index (χ0) is 11.0. The second kappa shape index (κ2) is 3.42. The van der Waals surface area contributed by atoms with Crippen molar-refractivity contribution in [3.63, 3.8) is 0 Å². The summed E-state index contributed by atoms with van der Waals surface area (Å²) in [4.78, 5) is 10.6. The molecule has 3 nitrogen and oxygen atoms in total. The lowest BCUT2D eigenvalue weighted by atomic mass is 10.0. The van der Waals surface area contributed by atoms with Gasteiger partial charge < -0.3 is 9.84 Å². The maximum Gasteiger partial charge on any atom is 0.153 e. The second-order valence-electron chi connectivity index (χ2n) is 3.79. The summed E-state index contributed by atoms with van der Waals surface area (Å²) in [5.41, 5.74) is 2.20. The molecular weight excluding hydrogens is 192 g/mol. The van der Waals surface area contributed by atoms with Gasteiger partial charge in [-0.05, 0) is 24.1 Å². The maximum atomic E-state index is 10.6. The first-order valence-corrected chi connectivity index (χ1v) is 4.75. The number of phenolic OH excluding ortho intramolecular Hbond substituents is 1. The standard InChI is InChI=1S/C12H12O3/c1-7(2)11-4-8-3-9(6-13)10(14)5-12(8)15-11/h3,5-6,11,14H,1,4H2,2H3/t11-/m1/s1. The van der Waals surface area contributed by atoms with Crippen molar-refractivity contribution < 1.29 is 14.6 Å². The molecule has 1 aliphatic heterocycles. The zero-order valence-corrected chi connectivity index (χ0v) is 8.49. The van der Waals surface area contributed by atoms with Gasteiger partial charge in [0, 0.05) is 12.5 Å². The van der Waals surface area contributed by atoms with Gasteiger partial charge in [-0.3, -0.25) is 4.79 Å². The normalized spacial score (nSPS) is 18.1. The number of carbonyl (C=O) groups excluding carboxylic acids is 1. The molecule has 2 rings (SSSR count). The van der Waals surface area contributed by atoms with Gasteiger partial charge in [0.05, 0.1) is 5.56 Å². The van der Waals surface area contributed by atoms with Crippen LogP contribution in [0, 0.1) is 0 Å². The summed E-state index contributed by atoms with van der Waals surface area (Å²) in [6, 6.07) is 3.16. The minimum absolute atomic E-state index is 0.0360. The second-order valence-corrected chi connectivity index (χ2v) is 3.79. The highest BCUT2D eigenvalue weighted by Crippen LogP contribution is 2.35. The van der Waals surface area contributed by atoms with Crippen LogP contribution in [0.3, 0.4) is 0 Å². The highest BCUT2D eigenvalue weighted by Gasteiger charge is 2.24. The number of aromatic hydroxyl groups is 1. The molecule has 0 amide bonds. The Morgan fingerprint density at radius 3 is 3.00 bits per heavy atom. The average Bonchev–Trinajstić information content (AvgIpc) is 2.59. The third-order valence-corrected chi connectivity index (χ3v) is 2.56. The topological polar surface area (TPSA) is 46.5 Å². The Balaban J connectivity index is 2.39. The molecule has 1 aromatic rings. The SMILES string of the molecule is C=C(C)[C@H]1Cc2cc(C=O)c(O)cc2O1. The van der Waals surface area contributed by atoms with E-state index in [1.807, 2.05) is 6.92 Å². The highest BCUT2D eigenvalue weighted by atomic mass is 16.5. The van der Waals surface area contributed by atoms with E-state index in [-0.39, 0.29) is 11.9 Å². The van der Waals surface area contributed by atoms with E-state index in [2.05, 4.69) is 6.58 Å². The van der Waals surface area contributed by atoms with E-state index in [0.29, 0.717) is 24.0 Å². The number of fused-ring (bicyclic) bond motifs is 1. The summed E-state index contributed by atoms with van der Waals surface area (Å²) in [6.07, 6.45) is 1.32. The van der Waals surface area contributed by atoms with Crippen molar-refractivity contribution in [3.05, 3.63) is 35.4 Å². The number of phenols is 1. The molecule has 0 unspecified atom stereocenters. The number of benzene rings is 1. The van der Waals surface area contributed by atoms with E-state index >= 15 is 0 Å². The van der Waals surface area contributed by atoms with E-state index < -0.39 is 0 Å². The lowest BCUT2D eigenvalue weighted by molar-refractivity contribution is 0.112. The van der Waals surface area contributed by atoms with Gasteiger partial charge in [0.2, 0.25) is 0 Å². The third kappa shape index (κ3) is 1.61. The monoisotopic (exact) mass is 204 g/mol. The maximum absolute atomic E-state index is 10.6. The Kier molecular flexibility index (Phi) is 2.23. The molecule has 0 saturated carbocycles. The molecule has 1 N–H and O–H groups in total. The molecule has 0 fully saturated rings. The van der Waals surface area contributed by atoms with Crippen LogP contribution >= 0.6 is 0 Å². The fraction of sp³-hybridized carbons (Fsp3) is 0.250. The lowest BCUT2D eigenvalue weighted by Gasteiger charge is -2.08. The molecule has 0 aromatic heterocycles. The minimum atomic E-state index is -0.0405. The quantitative estimate of drug-likeness (QED) is 0.592. The number of hydrogen-bond acceptors (Lipinski definition) is 3. The van der Waals surface area contributed by atoms with Crippen molar-refractivity contribution in [1.29, 1.82) is 0 Å². The first-order valence-electron chi connectivity index (χ1n) is 4.75.